The first-order valence-electron chi connectivity index (χ1n) is 12.3. The Morgan fingerprint density at radius 2 is 1.52 bits per heavy atom. The summed E-state index contributed by atoms with van der Waals surface area (Å²) in [6.45, 7) is 7.85. The van der Waals surface area contributed by atoms with Crippen molar-refractivity contribution in [3.05, 3.63) is 102 Å². The van der Waals surface area contributed by atoms with Crippen LogP contribution in [0.4, 0.5) is 5.69 Å². The number of anilines is 1. The molecule has 4 rings (SSSR count). The van der Waals surface area contributed by atoms with Crippen LogP contribution in [0.15, 0.2) is 84.9 Å². The highest BCUT2D eigenvalue weighted by Crippen LogP contribution is 2.30. The van der Waals surface area contributed by atoms with Gasteiger partial charge in [0.1, 0.15) is 0 Å². The van der Waals surface area contributed by atoms with Gasteiger partial charge in [0, 0.05) is 25.1 Å². The molecule has 1 atom stereocenters. The average molecular weight is 441 g/mol. The molecule has 33 heavy (non-hydrogen) atoms. The number of aryl methyl sites for hydroxylation is 1. The van der Waals surface area contributed by atoms with Crippen molar-refractivity contribution in [1.29, 1.82) is 0 Å². The van der Waals surface area contributed by atoms with E-state index in [-0.39, 0.29) is 5.91 Å². The largest absolute Gasteiger partial charge is 0.312 e. The Morgan fingerprint density at radius 3 is 2.15 bits per heavy atom. The third-order valence-corrected chi connectivity index (χ3v) is 7.11. The molecule has 3 aromatic carbocycles. The van der Waals surface area contributed by atoms with Crippen LogP contribution in [0.5, 0.6) is 0 Å². The Morgan fingerprint density at radius 1 is 0.909 bits per heavy atom. The maximum Gasteiger partial charge on any atom is 0.223 e. The molecule has 0 N–H and O–H groups in total. The number of carbonyl (C=O) groups excluding carboxylic acids is 1. The number of para-hydroxylation sites is 1. The summed E-state index contributed by atoms with van der Waals surface area (Å²) >= 11 is 0. The number of carbonyl (C=O) groups is 1. The number of likely N-dealkylation sites (tertiary alicyclic amines) is 1. The molecule has 0 saturated carbocycles. The van der Waals surface area contributed by atoms with Crippen LogP contribution in [0.3, 0.4) is 0 Å². The molecule has 1 fully saturated rings. The number of hydrogen-bond donors (Lipinski definition) is 0. The highest BCUT2D eigenvalue weighted by Gasteiger charge is 2.24. The van der Waals surface area contributed by atoms with Gasteiger partial charge in [-0.3, -0.25) is 4.79 Å². The molecule has 0 aliphatic carbocycles. The predicted molar refractivity (Wildman–Crippen MR) is 138 cm³/mol. The topological polar surface area (TPSA) is 23.6 Å². The van der Waals surface area contributed by atoms with Gasteiger partial charge in [-0.05, 0) is 74.5 Å². The molecule has 0 aromatic heterocycles. The van der Waals surface area contributed by atoms with E-state index in [1.54, 1.807) is 6.92 Å². The first kappa shape index (κ1) is 23.3. The minimum atomic E-state index is 0.105. The van der Waals surface area contributed by atoms with Crippen LogP contribution >= 0.6 is 0 Å². The number of rotatable bonds is 8. The van der Waals surface area contributed by atoms with E-state index in [4.69, 9.17) is 0 Å². The van der Waals surface area contributed by atoms with Gasteiger partial charge >= 0.3 is 0 Å². The second-order valence-electron chi connectivity index (χ2n) is 9.34. The van der Waals surface area contributed by atoms with Gasteiger partial charge < -0.3 is 9.80 Å². The van der Waals surface area contributed by atoms with Crippen LogP contribution in [-0.2, 0) is 4.79 Å². The Kier molecular flexibility index (Phi) is 7.96. The lowest BCUT2D eigenvalue weighted by atomic mass is 9.89. The summed E-state index contributed by atoms with van der Waals surface area (Å²) in [6.07, 6.45) is 3.50. The highest BCUT2D eigenvalue weighted by molar-refractivity contribution is 5.92. The second-order valence-corrected chi connectivity index (χ2v) is 9.34. The van der Waals surface area contributed by atoms with Gasteiger partial charge in [-0.1, -0.05) is 78.9 Å². The molecule has 1 aliphatic heterocycles. The number of benzene rings is 3. The van der Waals surface area contributed by atoms with Crippen LogP contribution in [-0.4, -0.2) is 37.0 Å². The van der Waals surface area contributed by atoms with E-state index in [0.29, 0.717) is 18.4 Å². The van der Waals surface area contributed by atoms with Crippen molar-refractivity contribution in [3.8, 4) is 0 Å². The second kappa shape index (κ2) is 11.3. The smallest absolute Gasteiger partial charge is 0.223 e. The minimum absolute atomic E-state index is 0.105. The van der Waals surface area contributed by atoms with Gasteiger partial charge in [-0.25, -0.2) is 0 Å². The molecule has 1 unspecified atom stereocenters. The zero-order valence-electron chi connectivity index (χ0n) is 20.0. The minimum Gasteiger partial charge on any atom is -0.312 e. The van der Waals surface area contributed by atoms with Crippen LogP contribution in [0.25, 0.3) is 0 Å². The van der Waals surface area contributed by atoms with Gasteiger partial charge in [-0.2, -0.15) is 0 Å². The van der Waals surface area contributed by atoms with Gasteiger partial charge in [0.2, 0.25) is 5.91 Å². The fraction of sp³-hybridized carbons (Fsp3) is 0.367. The fourth-order valence-corrected chi connectivity index (χ4v) is 5.13. The number of hydrogen-bond acceptors (Lipinski definition) is 2. The van der Waals surface area contributed by atoms with E-state index >= 15 is 0 Å². The standard InChI is InChI=1S/C30H36N2O/c1-24-11-9-10-16-30(24)32(25(2)33)23-29(27-14-7-4-8-15-27)19-22-31-20-17-28(18-21-31)26-12-5-3-6-13-26/h3-16,28-29H,17-23H2,1-2H3. The summed E-state index contributed by atoms with van der Waals surface area (Å²) in [6, 6.07) is 29.9. The number of nitrogens with zero attached hydrogens (tertiary/aromatic N) is 2. The summed E-state index contributed by atoms with van der Waals surface area (Å²) in [5, 5.41) is 0. The lowest BCUT2D eigenvalue weighted by Crippen LogP contribution is -2.37. The Labute approximate surface area is 199 Å². The van der Waals surface area contributed by atoms with Crippen molar-refractivity contribution in [1.82, 2.24) is 4.90 Å². The summed E-state index contributed by atoms with van der Waals surface area (Å²) in [5.41, 5.74) is 4.96. The van der Waals surface area contributed by atoms with Gasteiger partial charge in [0.25, 0.3) is 0 Å². The maximum absolute atomic E-state index is 12.7. The van der Waals surface area contributed by atoms with Crippen molar-refractivity contribution in [2.45, 2.75) is 44.9 Å². The van der Waals surface area contributed by atoms with Crippen molar-refractivity contribution in [3.63, 3.8) is 0 Å². The zero-order valence-corrected chi connectivity index (χ0v) is 20.0. The number of amides is 1. The lowest BCUT2D eigenvalue weighted by molar-refractivity contribution is -0.116. The van der Waals surface area contributed by atoms with E-state index in [2.05, 4.69) is 84.6 Å². The molecule has 0 spiro atoms. The third-order valence-electron chi connectivity index (χ3n) is 7.11. The molecule has 3 heteroatoms. The molecule has 0 bridgehead atoms. The summed E-state index contributed by atoms with van der Waals surface area (Å²) in [5.74, 6) is 1.09. The molecule has 172 valence electrons. The fourth-order valence-electron chi connectivity index (χ4n) is 5.13. The van der Waals surface area contributed by atoms with Crippen LogP contribution in [0.2, 0.25) is 0 Å². The normalized spacial score (nSPS) is 15.8. The van der Waals surface area contributed by atoms with E-state index < -0.39 is 0 Å². The van der Waals surface area contributed by atoms with Crippen LogP contribution in [0.1, 0.15) is 54.7 Å². The van der Waals surface area contributed by atoms with Gasteiger partial charge in [-0.15, -0.1) is 0 Å². The van der Waals surface area contributed by atoms with Crippen molar-refractivity contribution < 1.29 is 4.79 Å². The summed E-state index contributed by atoms with van der Waals surface area (Å²) < 4.78 is 0. The predicted octanol–water partition coefficient (Wildman–Crippen LogP) is 6.40. The molecular weight excluding hydrogens is 404 g/mol. The molecule has 1 amide bonds. The van der Waals surface area contributed by atoms with Crippen molar-refractivity contribution >= 4 is 11.6 Å². The van der Waals surface area contributed by atoms with Crippen molar-refractivity contribution in [2.75, 3.05) is 31.1 Å². The monoisotopic (exact) mass is 440 g/mol. The highest BCUT2D eigenvalue weighted by atomic mass is 16.2. The molecule has 0 radical (unpaired) electrons. The molecule has 1 saturated heterocycles. The lowest BCUT2D eigenvalue weighted by Gasteiger charge is -2.34. The van der Waals surface area contributed by atoms with Gasteiger partial charge in [0.05, 0.1) is 0 Å². The molecule has 3 nitrogen and oxygen atoms in total. The molecular formula is C30H36N2O. The first-order chi connectivity index (χ1) is 16.1. The van der Waals surface area contributed by atoms with Crippen LogP contribution < -0.4 is 4.90 Å². The van der Waals surface area contributed by atoms with E-state index in [1.165, 1.54) is 24.0 Å². The average Bonchev–Trinajstić information content (AvgIpc) is 2.86. The number of piperidine rings is 1. The Hall–Kier alpha value is -2.91. The van der Waals surface area contributed by atoms with E-state index in [0.717, 1.165) is 37.3 Å². The first-order valence-corrected chi connectivity index (χ1v) is 12.3. The van der Waals surface area contributed by atoms with E-state index in [1.807, 2.05) is 17.0 Å². The SMILES string of the molecule is CC(=O)N(CC(CCN1CCC(c2ccccc2)CC1)c1ccccc1)c1ccccc1C. The molecule has 1 heterocycles. The van der Waals surface area contributed by atoms with Crippen LogP contribution in [0, 0.1) is 6.92 Å². The van der Waals surface area contributed by atoms with E-state index in [9.17, 15) is 4.79 Å². The summed E-state index contributed by atoms with van der Waals surface area (Å²) in [4.78, 5) is 17.2. The van der Waals surface area contributed by atoms with Crippen molar-refractivity contribution in [2.24, 2.45) is 0 Å². The third kappa shape index (κ3) is 6.11. The summed E-state index contributed by atoms with van der Waals surface area (Å²) in [7, 11) is 0. The van der Waals surface area contributed by atoms with Gasteiger partial charge in [0.15, 0.2) is 0 Å². The molecule has 1 aliphatic rings. The zero-order chi connectivity index (χ0) is 23.0. The maximum atomic E-state index is 12.7. The Balaban J connectivity index is 1.42. The Bertz CT molecular complexity index is 1010. The molecule has 3 aromatic rings. The quantitative estimate of drug-likeness (QED) is 0.404.